The van der Waals surface area contributed by atoms with E-state index in [0.717, 1.165) is 10.0 Å². The molecule has 0 saturated heterocycles. The topological polar surface area (TPSA) is 78.4 Å². The number of amides is 2. The van der Waals surface area contributed by atoms with Crippen LogP contribution in [-0.4, -0.2) is 23.7 Å². The molecule has 0 heterocycles. The Labute approximate surface area is 114 Å². The summed E-state index contributed by atoms with van der Waals surface area (Å²) >= 11 is 3.34. The first-order valence-electron chi connectivity index (χ1n) is 5.50. The summed E-state index contributed by atoms with van der Waals surface area (Å²) in [5.74, 6) is -0.934. The largest absolute Gasteiger partial charge is 0.481 e. The maximum Gasteiger partial charge on any atom is 0.315 e. The zero-order chi connectivity index (χ0) is 13.5. The molecule has 0 radical (unpaired) electrons. The van der Waals surface area contributed by atoms with Crippen LogP contribution in [0.2, 0.25) is 0 Å². The molecule has 0 aromatic heterocycles. The van der Waals surface area contributed by atoms with E-state index in [1.54, 1.807) is 0 Å². The molecule has 5 nitrogen and oxygen atoms in total. The van der Waals surface area contributed by atoms with Crippen LogP contribution >= 0.6 is 15.9 Å². The average Bonchev–Trinajstić information content (AvgIpc) is 2.29. The van der Waals surface area contributed by atoms with E-state index >= 15 is 0 Å². The molecule has 3 N–H and O–H groups in total. The van der Waals surface area contributed by atoms with Crippen LogP contribution in [0, 0.1) is 0 Å². The summed E-state index contributed by atoms with van der Waals surface area (Å²) in [6, 6.07) is 7.11. The lowest BCUT2D eigenvalue weighted by Crippen LogP contribution is -2.38. The van der Waals surface area contributed by atoms with E-state index < -0.39 is 5.97 Å². The molecule has 1 rings (SSSR count). The van der Waals surface area contributed by atoms with E-state index in [0.29, 0.717) is 0 Å². The first-order valence-corrected chi connectivity index (χ1v) is 6.30. The molecule has 0 fully saturated rings. The maximum absolute atomic E-state index is 11.5. The van der Waals surface area contributed by atoms with Gasteiger partial charge in [0.15, 0.2) is 0 Å². The smallest absolute Gasteiger partial charge is 0.315 e. The molecule has 98 valence electrons. The Morgan fingerprint density at radius 3 is 2.50 bits per heavy atom. The van der Waals surface area contributed by atoms with Crippen LogP contribution in [0.3, 0.4) is 0 Å². The van der Waals surface area contributed by atoms with Crippen molar-refractivity contribution in [3.63, 3.8) is 0 Å². The number of hydrogen-bond acceptors (Lipinski definition) is 2. The number of urea groups is 1. The first-order chi connectivity index (χ1) is 8.49. The molecule has 1 aromatic rings. The molecular formula is C12H15BrN2O3. The van der Waals surface area contributed by atoms with Crippen molar-refractivity contribution in [3.8, 4) is 0 Å². The average molecular weight is 315 g/mol. The minimum Gasteiger partial charge on any atom is -0.481 e. The van der Waals surface area contributed by atoms with E-state index in [2.05, 4.69) is 26.6 Å². The lowest BCUT2D eigenvalue weighted by Gasteiger charge is -2.14. The van der Waals surface area contributed by atoms with Gasteiger partial charge in [-0.2, -0.15) is 0 Å². The van der Waals surface area contributed by atoms with Crippen molar-refractivity contribution in [2.24, 2.45) is 0 Å². The lowest BCUT2D eigenvalue weighted by molar-refractivity contribution is -0.136. The second-order valence-corrected chi connectivity index (χ2v) is 4.73. The number of aliphatic carboxylic acids is 1. The van der Waals surface area contributed by atoms with Crippen LogP contribution in [0.5, 0.6) is 0 Å². The van der Waals surface area contributed by atoms with Crippen LogP contribution in [0.25, 0.3) is 0 Å². The highest BCUT2D eigenvalue weighted by Crippen LogP contribution is 2.16. The molecule has 18 heavy (non-hydrogen) atoms. The number of carboxylic acids is 1. The molecule has 1 aromatic carbocycles. The SMILES string of the molecule is CC(NC(=O)NCCC(=O)O)c1ccc(Br)cc1. The van der Waals surface area contributed by atoms with Crippen molar-refractivity contribution in [1.29, 1.82) is 0 Å². The van der Waals surface area contributed by atoms with Crippen molar-refractivity contribution in [3.05, 3.63) is 34.3 Å². The third kappa shape index (κ3) is 5.18. The predicted octanol–water partition coefficient (Wildman–Crippen LogP) is 2.28. The van der Waals surface area contributed by atoms with Gasteiger partial charge >= 0.3 is 12.0 Å². The zero-order valence-electron chi connectivity index (χ0n) is 9.94. The van der Waals surface area contributed by atoms with E-state index in [1.807, 2.05) is 31.2 Å². The number of nitrogens with one attached hydrogen (secondary N) is 2. The number of rotatable bonds is 5. The van der Waals surface area contributed by atoms with Crippen molar-refractivity contribution in [1.82, 2.24) is 10.6 Å². The summed E-state index contributed by atoms with van der Waals surface area (Å²) in [6.07, 6.45) is -0.0832. The molecule has 0 aliphatic heterocycles. The van der Waals surface area contributed by atoms with Crippen molar-refractivity contribution < 1.29 is 14.7 Å². The summed E-state index contributed by atoms with van der Waals surface area (Å²) < 4.78 is 0.976. The molecule has 2 amide bonds. The molecule has 0 bridgehead atoms. The summed E-state index contributed by atoms with van der Waals surface area (Å²) in [5.41, 5.74) is 0.978. The predicted molar refractivity (Wildman–Crippen MR) is 71.3 cm³/mol. The molecule has 0 spiro atoms. The molecule has 1 unspecified atom stereocenters. The maximum atomic E-state index is 11.5. The Hall–Kier alpha value is -1.56. The summed E-state index contributed by atoms with van der Waals surface area (Å²) in [6.45, 7) is 1.98. The van der Waals surface area contributed by atoms with Gasteiger partial charge in [0.05, 0.1) is 12.5 Å². The molecule has 1 atom stereocenters. The van der Waals surface area contributed by atoms with Crippen molar-refractivity contribution in [2.75, 3.05) is 6.54 Å². The molecule has 0 saturated carbocycles. The highest BCUT2D eigenvalue weighted by molar-refractivity contribution is 9.10. The standard InChI is InChI=1S/C12H15BrN2O3/c1-8(9-2-4-10(13)5-3-9)15-12(18)14-7-6-11(16)17/h2-5,8H,6-7H2,1H3,(H,16,17)(H2,14,15,18). The van der Waals surface area contributed by atoms with Crippen LogP contribution in [-0.2, 0) is 4.79 Å². The van der Waals surface area contributed by atoms with Gasteiger partial charge in [-0.15, -0.1) is 0 Å². The van der Waals surface area contributed by atoms with Gasteiger partial charge in [0.25, 0.3) is 0 Å². The Morgan fingerprint density at radius 1 is 1.33 bits per heavy atom. The molecule has 6 heteroatoms. The number of carbonyl (C=O) groups excluding carboxylic acids is 1. The second kappa shape index (κ2) is 7.00. The fraction of sp³-hybridized carbons (Fsp3) is 0.333. The fourth-order valence-corrected chi connectivity index (χ4v) is 1.63. The first kappa shape index (κ1) is 14.5. The van der Waals surface area contributed by atoms with Crippen LogP contribution < -0.4 is 10.6 Å². The van der Waals surface area contributed by atoms with Gasteiger partial charge in [-0.05, 0) is 24.6 Å². The highest BCUT2D eigenvalue weighted by atomic mass is 79.9. The third-order valence-corrected chi connectivity index (χ3v) is 2.87. The second-order valence-electron chi connectivity index (χ2n) is 3.82. The van der Waals surface area contributed by atoms with Crippen LogP contribution in [0.15, 0.2) is 28.7 Å². The van der Waals surface area contributed by atoms with Crippen molar-refractivity contribution >= 4 is 27.9 Å². The number of benzene rings is 1. The Kier molecular flexibility index (Phi) is 5.64. The molecule has 0 aliphatic carbocycles. The zero-order valence-corrected chi connectivity index (χ0v) is 11.5. The monoisotopic (exact) mass is 314 g/mol. The number of hydrogen-bond donors (Lipinski definition) is 3. The Balaban J connectivity index is 2.39. The molecule has 0 aliphatic rings. The van der Waals surface area contributed by atoms with E-state index in [4.69, 9.17) is 5.11 Å². The van der Waals surface area contributed by atoms with Gasteiger partial charge in [0.2, 0.25) is 0 Å². The molecular weight excluding hydrogens is 300 g/mol. The number of carbonyl (C=O) groups is 2. The third-order valence-electron chi connectivity index (χ3n) is 2.34. The van der Waals surface area contributed by atoms with E-state index in [1.165, 1.54) is 0 Å². The van der Waals surface area contributed by atoms with Crippen molar-refractivity contribution in [2.45, 2.75) is 19.4 Å². The van der Waals surface area contributed by atoms with Gasteiger partial charge in [-0.3, -0.25) is 4.79 Å². The fourth-order valence-electron chi connectivity index (χ4n) is 1.37. The summed E-state index contributed by atoms with van der Waals surface area (Å²) in [4.78, 5) is 21.7. The van der Waals surface area contributed by atoms with Gasteiger partial charge in [0.1, 0.15) is 0 Å². The number of halogens is 1. The minimum atomic E-state index is -0.934. The van der Waals surface area contributed by atoms with Crippen LogP contribution in [0.4, 0.5) is 4.79 Å². The van der Waals surface area contributed by atoms with Gasteiger partial charge in [-0.25, -0.2) is 4.79 Å². The Bertz CT molecular complexity index is 420. The number of carboxylic acid groups (broad SMARTS) is 1. The van der Waals surface area contributed by atoms with E-state index in [9.17, 15) is 9.59 Å². The quantitative estimate of drug-likeness (QED) is 0.780. The highest BCUT2D eigenvalue weighted by Gasteiger charge is 2.09. The summed E-state index contributed by atoms with van der Waals surface area (Å²) in [7, 11) is 0. The summed E-state index contributed by atoms with van der Waals surface area (Å²) in [5, 5.41) is 13.7. The van der Waals surface area contributed by atoms with E-state index in [-0.39, 0.29) is 25.0 Å². The van der Waals surface area contributed by atoms with Gasteiger partial charge < -0.3 is 15.7 Å². The lowest BCUT2D eigenvalue weighted by atomic mass is 10.1. The van der Waals surface area contributed by atoms with Gasteiger partial charge in [-0.1, -0.05) is 28.1 Å². The normalized spacial score (nSPS) is 11.7. The Morgan fingerprint density at radius 2 is 1.94 bits per heavy atom. The van der Waals surface area contributed by atoms with Gasteiger partial charge in [0, 0.05) is 11.0 Å². The minimum absolute atomic E-state index is 0.0832. The van der Waals surface area contributed by atoms with Crippen LogP contribution in [0.1, 0.15) is 24.9 Å².